The highest BCUT2D eigenvalue weighted by Crippen LogP contribution is 2.40. The van der Waals surface area contributed by atoms with Crippen LogP contribution in [-0.4, -0.2) is 47.6 Å². The van der Waals surface area contributed by atoms with Gasteiger partial charge in [0.05, 0.1) is 26.2 Å². The van der Waals surface area contributed by atoms with Gasteiger partial charge >= 0.3 is 0 Å². The molecule has 30 heavy (non-hydrogen) atoms. The number of rotatable bonds is 6. The van der Waals surface area contributed by atoms with Crippen LogP contribution in [0.25, 0.3) is 6.08 Å². The summed E-state index contributed by atoms with van der Waals surface area (Å²) < 4.78 is 16.1. The average Bonchev–Trinajstić information content (AvgIpc) is 3.00. The number of aromatic hydroxyl groups is 1. The molecule has 0 aliphatic carbocycles. The van der Waals surface area contributed by atoms with Gasteiger partial charge in [-0.2, -0.15) is 5.01 Å². The van der Waals surface area contributed by atoms with E-state index in [0.29, 0.717) is 27.7 Å². The van der Waals surface area contributed by atoms with Gasteiger partial charge in [-0.05, 0) is 60.3 Å². The number of ether oxygens (including phenoxy) is 3. The van der Waals surface area contributed by atoms with Crippen LogP contribution in [0.2, 0.25) is 0 Å². The topological polar surface area (TPSA) is 97.3 Å². The first-order chi connectivity index (χ1) is 14.4. The number of methoxy groups -OCH3 is 3. The Bertz CT molecular complexity index is 1010. The van der Waals surface area contributed by atoms with Gasteiger partial charge in [-0.15, -0.1) is 0 Å². The minimum atomic E-state index is -0.527. The van der Waals surface area contributed by atoms with Gasteiger partial charge in [-0.25, -0.2) is 0 Å². The van der Waals surface area contributed by atoms with E-state index < -0.39 is 11.8 Å². The molecule has 2 N–H and O–H groups in total. The largest absolute Gasteiger partial charge is 0.508 e. The normalized spacial score (nSPS) is 14.8. The van der Waals surface area contributed by atoms with E-state index in [4.69, 9.17) is 26.4 Å². The van der Waals surface area contributed by atoms with Gasteiger partial charge in [0, 0.05) is 5.56 Å². The molecule has 1 fully saturated rings. The number of benzene rings is 2. The molecule has 0 atom stereocenters. The molecule has 1 aliphatic heterocycles. The lowest BCUT2D eigenvalue weighted by Gasteiger charge is -2.15. The fourth-order valence-electron chi connectivity index (χ4n) is 2.68. The maximum absolute atomic E-state index is 12.8. The van der Waals surface area contributed by atoms with Crippen molar-refractivity contribution in [1.82, 2.24) is 10.4 Å². The summed E-state index contributed by atoms with van der Waals surface area (Å²) in [5.74, 6) is 0.362. The Morgan fingerprint density at radius 1 is 1.10 bits per heavy atom. The molecule has 10 heteroatoms. The zero-order valence-corrected chi connectivity index (χ0v) is 17.9. The second-order valence-electron chi connectivity index (χ2n) is 5.96. The summed E-state index contributed by atoms with van der Waals surface area (Å²) in [4.78, 5) is 25.5. The van der Waals surface area contributed by atoms with E-state index in [1.54, 1.807) is 18.2 Å². The van der Waals surface area contributed by atoms with Gasteiger partial charge in [0.15, 0.2) is 15.8 Å². The van der Waals surface area contributed by atoms with Gasteiger partial charge < -0.3 is 19.3 Å². The number of hydrogen-bond acceptors (Lipinski definition) is 8. The van der Waals surface area contributed by atoms with Crippen molar-refractivity contribution in [2.45, 2.75) is 0 Å². The standard InChI is InChI=1S/C20H18N2O6S2/c1-26-14-8-11(9-15(27-2)17(14)28-3)10-16-19(25)22(20(29)30-16)21-18(24)12-4-6-13(23)7-5-12/h4-10,23H,1-3H3,(H,21,24)/b16-10-. The van der Waals surface area contributed by atoms with Gasteiger partial charge in [0.1, 0.15) is 5.75 Å². The van der Waals surface area contributed by atoms with Crippen molar-refractivity contribution in [2.24, 2.45) is 0 Å². The van der Waals surface area contributed by atoms with E-state index in [9.17, 15) is 14.7 Å². The van der Waals surface area contributed by atoms with Crippen LogP contribution in [0.4, 0.5) is 0 Å². The number of amides is 2. The molecule has 0 spiro atoms. The lowest BCUT2D eigenvalue weighted by atomic mass is 10.1. The van der Waals surface area contributed by atoms with E-state index in [2.05, 4.69) is 5.43 Å². The van der Waals surface area contributed by atoms with E-state index >= 15 is 0 Å². The van der Waals surface area contributed by atoms with Crippen molar-refractivity contribution in [3.63, 3.8) is 0 Å². The van der Waals surface area contributed by atoms with Gasteiger partial charge in [-0.1, -0.05) is 11.8 Å². The molecule has 0 unspecified atom stereocenters. The van der Waals surface area contributed by atoms with Crippen molar-refractivity contribution < 1.29 is 28.9 Å². The summed E-state index contributed by atoms with van der Waals surface area (Å²) in [6.45, 7) is 0. The number of phenols is 1. The number of thioether (sulfide) groups is 1. The third kappa shape index (κ3) is 4.34. The van der Waals surface area contributed by atoms with Gasteiger partial charge in [0.2, 0.25) is 5.75 Å². The highest BCUT2D eigenvalue weighted by atomic mass is 32.2. The van der Waals surface area contributed by atoms with Crippen LogP contribution in [-0.2, 0) is 4.79 Å². The molecule has 1 saturated heterocycles. The van der Waals surface area contributed by atoms with Crippen molar-refractivity contribution in [1.29, 1.82) is 0 Å². The van der Waals surface area contributed by atoms with Crippen molar-refractivity contribution in [3.05, 3.63) is 52.4 Å². The molecule has 156 valence electrons. The number of hydrazine groups is 1. The number of hydrogen-bond donors (Lipinski definition) is 2. The molecule has 0 radical (unpaired) electrons. The maximum Gasteiger partial charge on any atom is 0.285 e. The quantitative estimate of drug-likeness (QED) is 0.516. The second kappa shape index (κ2) is 9.06. The highest BCUT2D eigenvalue weighted by molar-refractivity contribution is 8.26. The minimum Gasteiger partial charge on any atom is -0.508 e. The number of nitrogens with one attached hydrogen (secondary N) is 1. The van der Waals surface area contributed by atoms with Crippen LogP contribution < -0.4 is 19.6 Å². The fourth-order valence-corrected chi connectivity index (χ4v) is 3.86. The molecule has 1 aliphatic rings. The third-order valence-electron chi connectivity index (χ3n) is 4.12. The van der Waals surface area contributed by atoms with Crippen LogP contribution >= 0.6 is 24.0 Å². The first-order valence-electron chi connectivity index (χ1n) is 8.56. The number of thiocarbonyl (C=S) groups is 1. The van der Waals surface area contributed by atoms with Crippen molar-refractivity contribution in [2.75, 3.05) is 21.3 Å². The molecule has 2 aromatic rings. The molecule has 0 aromatic heterocycles. The maximum atomic E-state index is 12.8. The van der Waals surface area contributed by atoms with Crippen LogP contribution in [0.5, 0.6) is 23.0 Å². The smallest absolute Gasteiger partial charge is 0.285 e. The van der Waals surface area contributed by atoms with Gasteiger partial charge in [-0.3, -0.25) is 15.0 Å². The van der Waals surface area contributed by atoms with Crippen molar-refractivity contribution >= 4 is 46.2 Å². The monoisotopic (exact) mass is 446 g/mol. The zero-order chi connectivity index (χ0) is 21.8. The number of nitrogens with zero attached hydrogens (tertiary/aromatic N) is 1. The molecule has 0 saturated carbocycles. The molecule has 1 heterocycles. The molecule has 2 aromatic carbocycles. The SMILES string of the molecule is COc1cc(/C=C2\SC(=S)N(NC(=O)c3ccc(O)cc3)C2=O)cc(OC)c1OC. The van der Waals surface area contributed by atoms with E-state index in [1.807, 2.05) is 0 Å². The second-order valence-corrected chi connectivity index (χ2v) is 7.64. The lowest BCUT2D eigenvalue weighted by Crippen LogP contribution is -2.44. The number of carbonyl (C=O) groups excluding carboxylic acids is 2. The minimum absolute atomic E-state index is 0.0328. The van der Waals surface area contributed by atoms with E-state index in [-0.39, 0.29) is 15.6 Å². The van der Waals surface area contributed by atoms with Crippen LogP contribution in [0.3, 0.4) is 0 Å². The molecule has 0 bridgehead atoms. The molecule has 2 amide bonds. The van der Waals surface area contributed by atoms with Crippen molar-refractivity contribution in [3.8, 4) is 23.0 Å². The average molecular weight is 447 g/mol. The number of carbonyl (C=O) groups is 2. The van der Waals surface area contributed by atoms with E-state index in [1.165, 1.54) is 45.6 Å². The Morgan fingerprint density at radius 2 is 1.70 bits per heavy atom. The Balaban J connectivity index is 1.84. The molecule has 3 rings (SSSR count). The zero-order valence-electron chi connectivity index (χ0n) is 16.3. The lowest BCUT2D eigenvalue weighted by molar-refractivity contribution is -0.123. The van der Waals surface area contributed by atoms with Gasteiger partial charge in [0.25, 0.3) is 11.8 Å². The summed E-state index contributed by atoms with van der Waals surface area (Å²) in [6, 6.07) is 9.03. The first-order valence-corrected chi connectivity index (χ1v) is 9.78. The third-order valence-corrected chi connectivity index (χ3v) is 5.42. The van der Waals surface area contributed by atoms with Crippen LogP contribution in [0.1, 0.15) is 15.9 Å². The number of phenolic OH excluding ortho intramolecular Hbond substituents is 1. The fraction of sp³-hybridized carbons (Fsp3) is 0.150. The summed E-state index contributed by atoms with van der Waals surface area (Å²) in [6.07, 6.45) is 1.62. The van der Waals surface area contributed by atoms with E-state index in [0.717, 1.165) is 16.8 Å². The first kappa shape index (κ1) is 21.5. The summed E-state index contributed by atoms with van der Waals surface area (Å²) in [7, 11) is 4.50. The van der Waals surface area contributed by atoms with Crippen LogP contribution in [0, 0.1) is 0 Å². The van der Waals surface area contributed by atoms with Crippen LogP contribution in [0.15, 0.2) is 41.3 Å². The Kier molecular flexibility index (Phi) is 6.48. The Hall–Kier alpha value is -3.24. The molecule has 8 nitrogen and oxygen atoms in total. The summed E-state index contributed by atoms with van der Waals surface area (Å²) >= 11 is 6.29. The predicted molar refractivity (Wildman–Crippen MR) is 117 cm³/mol. The Labute approximate surface area is 182 Å². The summed E-state index contributed by atoms with van der Waals surface area (Å²) in [5.41, 5.74) is 3.39. The predicted octanol–water partition coefficient (Wildman–Crippen LogP) is 2.96. The summed E-state index contributed by atoms with van der Waals surface area (Å²) in [5, 5.41) is 10.3. The molecular formula is C20H18N2O6S2. The molecular weight excluding hydrogens is 428 g/mol. The Morgan fingerprint density at radius 3 is 2.23 bits per heavy atom. The highest BCUT2D eigenvalue weighted by Gasteiger charge is 2.34.